The Labute approximate surface area is 417 Å². The van der Waals surface area contributed by atoms with Gasteiger partial charge in [0.25, 0.3) is 0 Å². The summed E-state index contributed by atoms with van der Waals surface area (Å²) in [4.78, 5) is 104. The van der Waals surface area contributed by atoms with Crippen LogP contribution in [0.25, 0.3) is 0 Å². The van der Waals surface area contributed by atoms with Crippen LogP contribution in [0.4, 0.5) is 0 Å². The Kier molecular flexibility index (Phi) is 22.4. The molecule has 0 bridgehead atoms. The smallest absolute Gasteiger partial charge is 0.364 e. The van der Waals surface area contributed by atoms with Gasteiger partial charge in [0.2, 0.25) is 0 Å². The molecule has 4 heterocycles. The fourth-order valence-electron chi connectivity index (χ4n) is 5.75. The highest BCUT2D eigenvalue weighted by Crippen LogP contribution is 2.20. The predicted molar refractivity (Wildman–Crippen MR) is 221 cm³/mol. The highest BCUT2D eigenvalue weighted by atomic mass is 16.7. The molecule has 0 aliphatic heterocycles. The van der Waals surface area contributed by atoms with Crippen LogP contribution in [0.15, 0.2) is 60.4 Å². The van der Waals surface area contributed by atoms with Gasteiger partial charge in [0.05, 0.1) is 146 Å². The molecule has 4 aromatic heterocycles. The van der Waals surface area contributed by atoms with E-state index in [0.29, 0.717) is 0 Å². The molecule has 28 heteroatoms. The molecule has 4 rings (SSSR count). The van der Waals surface area contributed by atoms with Crippen LogP contribution in [0.2, 0.25) is 0 Å². The number of unbranched alkanes of at least 4 members (excludes halogenated alkanes) is 4. The van der Waals surface area contributed by atoms with E-state index in [2.05, 4.69) is 19.9 Å². The summed E-state index contributed by atoms with van der Waals surface area (Å²) in [6.45, 7) is -0.710. The number of carboxylic acid groups (broad SMARTS) is 8. The number of carbonyl (C=O) groups excluding carboxylic acids is 8. The molecule has 0 saturated heterocycles. The lowest BCUT2D eigenvalue weighted by Gasteiger charge is -2.18. The first-order valence-corrected chi connectivity index (χ1v) is 21.9. The topological polar surface area (TPSA) is 446 Å². The van der Waals surface area contributed by atoms with E-state index in [9.17, 15) is 79.2 Å². The van der Waals surface area contributed by atoms with Gasteiger partial charge in [-0.05, 0) is 51.4 Å². The van der Waals surface area contributed by atoms with Crippen LogP contribution in [-0.4, -0.2) is 121 Å². The molecule has 0 spiro atoms. The average Bonchev–Trinajstić information content (AvgIpc) is 3.36. The Morgan fingerprint density at radius 1 is 0.270 bits per heavy atom. The average molecular weight is 1030 g/mol. The Bertz CT molecular complexity index is 2220. The highest BCUT2D eigenvalue weighted by molar-refractivity contribution is 5.91. The molecule has 0 aliphatic carbocycles. The van der Waals surface area contributed by atoms with Gasteiger partial charge < -0.3 is 117 Å². The zero-order valence-corrected chi connectivity index (χ0v) is 38.5. The third-order valence-corrected chi connectivity index (χ3v) is 9.20. The molecule has 74 heavy (non-hydrogen) atoms. The van der Waals surface area contributed by atoms with E-state index in [1.54, 1.807) is 0 Å². The second-order valence-electron chi connectivity index (χ2n) is 14.8. The molecule has 0 amide bonds. The summed E-state index contributed by atoms with van der Waals surface area (Å²) in [5.74, 6) is -15.2. The molecule has 0 aromatic carbocycles. The van der Waals surface area contributed by atoms with Crippen LogP contribution in [0.3, 0.4) is 0 Å². The first kappa shape index (κ1) is 57.1. The summed E-state index contributed by atoms with van der Waals surface area (Å²) in [5, 5.41) is 90.6. The molecule has 0 N–H and O–H groups in total. The quantitative estimate of drug-likeness (QED) is 0.0302. The maximum absolute atomic E-state index is 11.3. The minimum absolute atomic E-state index is 0.0757. The van der Waals surface area contributed by atoms with Crippen LogP contribution in [0, 0.1) is 0 Å². The van der Waals surface area contributed by atoms with E-state index >= 15 is 0 Å². The Morgan fingerprint density at radius 2 is 0.419 bits per heavy atom. The van der Waals surface area contributed by atoms with Crippen molar-refractivity contribution in [1.29, 1.82) is 0 Å². The number of aromatic carboxylic acids is 8. The molecule has 0 aliphatic rings. The minimum atomic E-state index is -1.76. The van der Waals surface area contributed by atoms with Crippen LogP contribution >= 0.6 is 0 Å². The lowest BCUT2D eigenvalue weighted by Crippen LogP contribution is -2.28. The summed E-state index contributed by atoms with van der Waals surface area (Å²) in [6.07, 6.45) is 1.85. The Hall–Kier alpha value is -9.50. The maximum Gasteiger partial charge on any atom is 0.364 e. The molecular weight excluding hydrogens is 993 g/mol. The van der Waals surface area contributed by atoms with Gasteiger partial charge in [-0.3, -0.25) is 0 Å². The summed E-state index contributed by atoms with van der Waals surface area (Å²) >= 11 is 0. The fourth-order valence-corrected chi connectivity index (χ4v) is 5.75. The summed E-state index contributed by atoms with van der Waals surface area (Å²) in [6, 6.07) is 7.68. The molecule has 0 radical (unpaired) electrons. The second-order valence-corrected chi connectivity index (χ2v) is 14.8. The van der Waals surface area contributed by atoms with Crippen LogP contribution in [-0.2, 0) is 18.9 Å². The predicted octanol–water partition coefficient (Wildman–Crippen LogP) is -5.90. The number of pyridine rings is 4. The van der Waals surface area contributed by atoms with E-state index < -0.39 is 93.3 Å². The van der Waals surface area contributed by atoms with Gasteiger partial charge in [0.1, 0.15) is 23.0 Å². The van der Waals surface area contributed by atoms with Crippen molar-refractivity contribution >= 4 is 47.8 Å². The number of ether oxygens (including phenoxy) is 8. The van der Waals surface area contributed by atoms with Crippen LogP contribution in [0.1, 0.15) is 135 Å². The largest absolute Gasteiger partial charge is 0.543 e. The van der Waals surface area contributed by atoms with E-state index in [1.807, 2.05) is 0 Å². The molecule has 396 valence electrons. The van der Waals surface area contributed by atoms with Crippen molar-refractivity contribution < 1.29 is 117 Å². The van der Waals surface area contributed by atoms with Crippen LogP contribution < -0.4 is 59.8 Å². The zero-order chi connectivity index (χ0) is 54.2. The molecule has 0 fully saturated rings. The molecule has 28 nitrogen and oxygen atoms in total. The van der Waals surface area contributed by atoms with Crippen LogP contribution in [0.5, 0.6) is 23.0 Å². The van der Waals surface area contributed by atoms with E-state index in [-0.39, 0.29) is 139 Å². The lowest BCUT2D eigenvalue weighted by molar-refractivity contribution is -0.258. The van der Waals surface area contributed by atoms with Gasteiger partial charge >= 0.3 is 11.9 Å². The number of hydrogen-bond donors (Lipinski definition) is 0. The third-order valence-electron chi connectivity index (χ3n) is 9.20. The highest BCUT2D eigenvalue weighted by Gasteiger charge is 2.17. The number of carbonyl (C=O) groups is 8. The van der Waals surface area contributed by atoms with Gasteiger partial charge in [0.15, 0.2) is 0 Å². The first-order chi connectivity index (χ1) is 35.3. The minimum Gasteiger partial charge on any atom is -0.543 e. The normalized spacial score (nSPS) is 10.5. The van der Waals surface area contributed by atoms with Crippen molar-refractivity contribution in [3.63, 3.8) is 0 Å². The molecule has 0 atom stereocenters. The number of rotatable bonds is 36. The Morgan fingerprint density at radius 3 is 0.568 bits per heavy atom. The van der Waals surface area contributed by atoms with Gasteiger partial charge in [-0.15, -0.1) is 0 Å². The number of aromatic nitrogens is 4. The SMILES string of the molecule is O=C([O-])c1cc(OCCCCOC(OCCCCOc2cc(C(=O)[O-])nc(C(=O)[O-])c2)=C(OCCCCOc2cc(C(=O)[O-])nc(C(=O)[O-])c2)OCCCCOc2cc(C(=O)[O-])nc(C(=O)[O-])c2)cc(C(=O)[O-])n1. The first-order valence-electron chi connectivity index (χ1n) is 21.9. The van der Waals surface area contributed by atoms with Crippen molar-refractivity contribution in [1.82, 2.24) is 19.9 Å². The van der Waals surface area contributed by atoms with Crippen molar-refractivity contribution in [3.05, 3.63) is 106 Å². The number of hydrogen-bond acceptors (Lipinski definition) is 28. The lowest BCUT2D eigenvalue weighted by atomic mass is 10.2. The number of nitrogens with zero attached hydrogens (tertiary/aromatic N) is 4. The standard InChI is InChI=1S/C46H48N4O24/c51-37(52)29-17-25(18-30(47-29)38(53)54)67-9-1-5-13-71-45(72-14-6-2-10-68-26-19-31(39(55)56)48-32(20-26)40(57)58)46(73-15-7-3-11-69-27-21-33(41(59)60)49-34(22-27)42(61)62)74-16-8-4-12-70-28-23-35(43(63)64)50-36(24-28)44(65)66/h17-24H,1-16H2,(H,51,52)(H,53,54)(H,55,56)(H,57,58)(H,59,60)(H,61,62)(H,63,64)(H,65,66)/p-8. The maximum atomic E-state index is 11.3. The van der Waals surface area contributed by atoms with Crippen molar-refractivity contribution in [3.8, 4) is 23.0 Å². The third kappa shape index (κ3) is 19.4. The number of carboxylic acids is 8. The molecule has 0 unspecified atom stereocenters. The Balaban J connectivity index is 1.46. The molecular formula is C46H40N4O24-8. The van der Waals surface area contributed by atoms with E-state index in [0.717, 1.165) is 48.5 Å². The zero-order valence-electron chi connectivity index (χ0n) is 38.5. The molecule has 4 aromatic rings. The van der Waals surface area contributed by atoms with Gasteiger partial charge in [-0.25, -0.2) is 19.9 Å². The monoisotopic (exact) mass is 1030 g/mol. The van der Waals surface area contributed by atoms with E-state index in [4.69, 9.17) is 37.9 Å². The van der Waals surface area contributed by atoms with E-state index in [1.165, 1.54) is 0 Å². The van der Waals surface area contributed by atoms with Crippen molar-refractivity contribution in [2.24, 2.45) is 0 Å². The van der Waals surface area contributed by atoms with Gasteiger partial charge in [0, 0.05) is 48.5 Å². The molecule has 0 saturated carbocycles. The second kappa shape index (κ2) is 29.0. The van der Waals surface area contributed by atoms with Gasteiger partial charge in [-0.2, -0.15) is 0 Å². The van der Waals surface area contributed by atoms with Crippen molar-refractivity contribution in [2.45, 2.75) is 51.4 Å². The van der Waals surface area contributed by atoms with Gasteiger partial charge in [-0.1, -0.05) is 0 Å². The fraction of sp³-hybridized carbons (Fsp3) is 0.348. The summed E-state index contributed by atoms with van der Waals surface area (Å²) < 4.78 is 45.8. The summed E-state index contributed by atoms with van der Waals surface area (Å²) in [5.41, 5.74) is -5.64. The van der Waals surface area contributed by atoms with Crippen molar-refractivity contribution in [2.75, 3.05) is 52.9 Å². The summed E-state index contributed by atoms with van der Waals surface area (Å²) in [7, 11) is 0.